The smallest absolute Gasteiger partial charge is 0.264 e. The second-order valence-corrected chi connectivity index (χ2v) is 13.1. The standard InChI is InChI=1S/C35H38ClN3O4S/c1-4-21-37-35(41)33(22-28-11-7-5-8-12-28)38(24-29-13-9-6-10-14-29)34(40)25-39(32-23-30(36)18-17-27(32)3)44(42,43)31-19-15-26(2)16-20-31/h5-20,23,33H,4,21-22,24-25H2,1-3H3,(H,37,41). The van der Waals surface area contributed by atoms with Crippen molar-refractivity contribution in [2.75, 3.05) is 17.4 Å². The van der Waals surface area contributed by atoms with Gasteiger partial charge in [0.15, 0.2) is 0 Å². The van der Waals surface area contributed by atoms with Crippen LogP contribution in [0.25, 0.3) is 0 Å². The van der Waals surface area contributed by atoms with Gasteiger partial charge in [-0.05, 0) is 61.2 Å². The fourth-order valence-electron chi connectivity index (χ4n) is 4.90. The van der Waals surface area contributed by atoms with E-state index in [1.807, 2.05) is 74.5 Å². The second kappa shape index (κ2) is 15.0. The lowest BCUT2D eigenvalue weighted by Crippen LogP contribution is -2.53. The maximum atomic E-state index is 14.5. The third-order valence-electron chi connectivity index (χ3n) is 7.34. The Morgan fingerprint density at radius 3 is 2.07 bits per heavy atom. The van der Waals surface area contributed by atoms with Crippen LogP contribution in [0.15, 0.2) is 108 Å². The van der Waals surface area contributed by atoms with Crippen LogP contribution in [0.4, 0.5) is 5.69 Å². The van der Waals surface area contributed by atoms with Gasteiger partial charge in [-0.15, -0.1) is 0 Å². The fraction of sp³-hybridized carbons (Fsp3) is 0.257. The number of amides is 2. The molecule has 0 aliphatic heterocycles. The number of carbonyl (C=O) groups excluding carboxylic acids is 2. The number of hydrogen-bond donors (Lipinski definition) is 1. The molecule has 7 nitrogen and oxygen atoms in total. The Morgan fingerprint density at radius 1 is 0.841 bits per heavy atom. The van der Waals surface area contributed by atoms with Crippen molar-refractivity contribution in [1.29, 1.82) is 0 Å². The van der Waals surface area contributed by atoms with E-state index in [2.05, 4.69) is 5.32 Å². The van der Waals surface area contributed by atoms with Crippen molar-refractivity contribution in [3.63, 3.8) is 0 Å². The van der Waals surface area contributed by atoms with E-state index in [9.17, 15) is 18.0 Å². The van der Waals surface area contributed by atoms with Crippen molar-refractivity contribution < 1.29 is 18.0 Å². The van der Waals surface area contributed by atoms with Gasteiger partial charge < -0.3 is 10.2 Å². The summed E-state index contributed by atoms with van der Waals surface area (Å²) < 4.78 is 29.5. The van der Waals surface area contributed by atoms with Crippen LogP contribution in [0.5, 0.6) is 0 Å². The summed E-state index contributed by atoms with van der Waals surface area (Å²) in [7, 11) is -4.20. The van der Waals surface area contributed by atoms with Crippen molar-refractivity contribution in [2.45, 2.75) is 51.1 Å². The second-order valence-electron chi connectivity index (χ2n) is 10.8. The third-order valence-corrected chi connectivity index (χ3v) is 9.35. The molecule has 230 valence electrons. The number of benzene rings is 4. The van der Waals surface area contributed by atoms with Crippen LogP contribution >= 0.6 is 11.6 Å². The van der Waals surface area contributed by atoms with Crippen LogP contribution in [-0.4, -0.2) is 44.3 Å². The molecule has 0 saturated carbocycles. The van der Waals surface area contributed by atoms with Gasteiger partial charge in [-0.2, -0.15) is 0 Å². The summed E-state index contributed by atoms with van der Waals surface area (Å²) >= 11 is 6.35. The summed E-state index contributed by atoms with van der Waals surface area (Å²) in [6.07, 6.45) is 0.989. The molecule has 4 rings (SSSR count). The van der Waals surface area contributed by atoms with E-state index < -0.39 is 28.5 Å². The Bertz CT molecular complexity index is 1660. The van der Waals surface area contributed by atoms with Crippen LogP contribution in [0.3, 0.4) is 0 Å². The molecule has 0 radical (unpaired) electrons. The van der Waals surface area contributed by atoms with Gasteiger partial charge in [-0.1, -0.05) is 103 Å². The summed E-state index contributed by atoms with van der Waals surface area (Å²) in [4.78, 5) is 29.7. The van der Waals surface area contributed by atoms with Gasteiger partial charge in [-0.25, -0.2) is 8.42 Å². The van der Waals surface area contributed by atoms with Gasteiger partial charge in [0.25, 0.3) is 10.0 Å². The zero-order valence-electron chi connectivity index (χ0n) is 25.2. The summed E-state index contributed by atoms with van der Waals surface area (Å²) in [6.45, 7) is 5.64. The Kier molecular flexibility index (Phi) is 11.2. The summed E-state index contributed by atoms with van der Waals surface area (Å²) in [5.41, 5.74) is 3.52. The van der Waals surface area contributed by atoms with E-state index in [0.29, 0.717) is 22.8 Å². The Labute approximate surface area is 265 Å². The summed E-state index contributed by atoms with van der Waals surface area (Å²) in [5.74, 6) is -0.816. The van der Waals surface area contributed by atoms with Crippen LogP contribution in [0, 0.1) is 13.8 Å². The average molecular weight is 632 g/mol. The first-order chi connectivity index (χ1) is 21.1. The number of carbonyl (C=O) groups is 2. The minimum absolute atomic E-state index is 0.0476. The molecule has 1 unspecified atom stereocenters. The number of nitrogens with zero attached hydrogens (tertiary/aromatic N) is 2. The first kappa shape index (κ1) is 32.8. The topological polar surface area (TPSA) is 86.8 Å². The van der Waals surface area contributed by atoms with E-state index in [-0.39, 0.29) is 23.8 Å². The molecule has 0 spiro atoms. The van der Waals surface area contributed by atoms with E-state index >= 15 is 0 Å². The van der Waals surface area contributed by atoms with Gasteiger partial charge in [0.2, 0.25) is 11.8 Å². The molecule has 0 aliphatic rings. The summed E-state index contributed by atoms with van der Waals surface area (Å²) in [5, 5.41) is 3.29. The Hall–Kier alpha value is -4.14. The summed E-state index contributed by atoms with van der Waals surface area (Å²) in [6, 6.07) is 29.4. The first-order valence-electron chi connectivity index (χ1n) is 14.6. The van der Waals surface area contributed by atoms with Crippen molar-refractivity contribution in [3.05, 3.63) is 130 Å². The molecule has 1 atom stereocenters. The molecule has 0 saturated heterocycles. The molecule has 4 aromatic carbocycles. The molecule has 0 heterocycles. The monoisotopic (exact) mass is 631 g/mol. The van der Waals surface area contributed by atoms with Crippen LogP contribution in [0.2, 0.25) is 5.02 Å². The number of anilines is 1. The van der Waals surface area contributed by atoms with E-state index in [1.165, 1.54) is 17.0 Å². The van der Waals surface area contributed by atoms with Crippen molar-refractivity contribution in [2.24, 2.45) is 0 Å². The van der Waals surface area contributed by atoms with E-state index in [1.54, 1.807) is 37.3 Å². The third kappa shape index (κ3) is 8.27. The molecule has 1 N–H and O–H groups in total. The highest BCUT2D eigenvalue weighted by molar-refractivity contribution is 7.92. The maximum Gasteiger partial charge on any atom is 0.264 e. The lowest BCUT2D eigenvalue weighted by atomic mass is 10.0. The SMILES string of the molecule is CCCNC(=O)C(Cc1ccccc1)N(Cc1ccccc1)C(=O)CN(c1cc(Cl)ccc1C)S(=O)(=O)c1ccc(C)cc1. The minimum atomic E-state index is -4.20. The molecule has 4 aromatic rings. The van der Waals surface area contributed by atoms with Crippen molar-refractivity contribution >= 4 is 39.1 Å². The van der Waals surface area contributed by atoms with Crippen LogP contribution in [0.1, 0.15) is 35.6 Å². The van der Waals surface area contributed by atoms with Crippen LogP contribution < -0.4 is 9.62 Å². The normalized spacial score (nSPS) is 11.9. The number of hydrogen-bond acceptors (Lipinski definition) is 4. The highest BCUT2D eigenvalue weighted by atomic mass is 35.5. The predicted octanol–water partition coefficient (Wildman–Crippen LogP) is 6.32. The number of sulfonamides is 1. The van der Waals surface area contributed by atoms with Crippen molar-refractivity contribution in [1.82, 2.24) is 10.2 Å². The predicted molar refractivity (Wildman–Crippen MR) is 176 cm³/mol. The largest absolute Gasteiger partial charge is 0.354 e. The van der Waals surface area contributed by atoms with Gasteiger partial charge >= 0.3 is 0 Å². The van der Waals surface area contributed by atoms with Crippen LogP contribution in [-0.2, 0) is 32.6 Å². The van der Waals surface area contributed by atoms with Gasteiger partial charge in [0.05, 0.1) is 10.6 Å². The number of nitrogens with one attached hydrogen (secondary N) is 1. The average Bonchev–Trinajstić information content (AvgIpc) is 3.02. The lowest BCUT2D eigenvalue weighted by Gasteiger charge is -2.34. The molecular weight excluding hydrogens is 594 g/mol. The number of aryl methyl sites for hydroxylation is 2. The lowest BCUT2D eigenvalue weighted by molar-refractivity contribution is -0.140. The number of halogens is 1. The molecule has 0 aromatic heterocycles. The highest BCUT2D eigenvalue weighted by Crippen LogP contribution is 2.30. The van der Waals surface area contributed by atoms with Gasteiger partial charge in [-0.3, -0.25) is 13.9 Å². The molecule has 9 heteroatoms. The zero-order valence-corrected chi connectivity index (χ0v) is 26.8. The highest BCUT2D eigenvalue weighted by Gasteiger charge is 2.35. The maximum absolute atomic E-state index is 14.5. The molecular formula is C35H38ClN3O4S. The molecule has 0 bridgehead atoms. The fourth-order valence-corrected chi connectivity index (χ4v) is 6.54. The van der Waals surface area contributed by atoms with Crippen molar-refractivity contribution in [3.8, 4) is 0 Å². The van der Waals surface area contributed by atoms with Gasteiger partial charge in [0, 0.05) is 24.5 Å². The van der Waals surface area contributed by atoms with E-state index in [4.69, 9.17) is 11.6 Å². The van der Waals surface area contributed by atoms with E-state index in [0.717, 1.165) is 27.4 Å². The number of rotatable bonds is 13. The van der Waals surface area contributed by atoms with Gasteiger partial charge in [0.1, 0.15) is 12.6 Å². The zero-order chi connectivity index (χ0) is 31.7. The Morgan fingerprint density at radius 2 is 1.45 bits per heavy atom. The first-order valence-corrected chi connectivity index (χ1v) is 16.4. The Balaban J connectivity index is 1.81. The minimum Gasteiger partial charge on any atom is -0.354 e. The molecule has 44 heavy (non-hydrogen) atoms. The molecule has 0 fully saturated rings. The quantitative estimate of drug-likeness (QED) is 0.187. The molecule has 2 amide bonds. The molecule has 0 aliphatic carbocycles.